The Labute approximate surface area is 125 Å². The number of Topliss-reactive ketones (excluding diaryl/α,β-unsaturated/α-hetero) is 1. The van der Waals surface area contributed by atoms with Crippen LogP contribution in [0.3, 0.4) is 0 Å². The number of hydrogen-bond acceptors (Lipinski definition) is 3. The highest BCUT2D eigenvalue weighted by Crippen LogP contribution is 2.27. The topological polar surface area (TPSA) is 26.3 Å². The highest BCUT2D eigenvalue weighted by Gasteiger charge is 2.13. The van der Waals surface area contributed by atoms with Crippen molar-refractivity contribution in [2.24, 2.45) is 0 Å². The van der Waals surface area contributed by atoms with Gasteiger partial charge in [0.05, 0.1) is 7.11 Å². The quantitative estimate of drug-likeness (QED) is 0.664. The van der Waals surface area contributed by atoms with Crippen molar-refractivity contribution in [1.82, 2.24) is 0 Å². The second kappa shape index (κ2) is 5.66. The number of hydrogen-bond donors (Lipinski definition) is 0. The molecule has 0 N–H and O–H groups in total. The van der Waals surface area contributed by atoms with Gasteiger partial charge in [-0.15, -0.1) is 11.3 Å². The van der Waals surface area contributed by atoms with Gasteiger partial charge in [0.25, 0.3) is 0 Å². The van der Waals surface area contributed by atoms with Crippen LogP contribution in [-0.2, 0) is 6.42 Å². The Hall–Kier alpha value is -2.20. The minimum absolute atomic E-state index is 0.0446. The minimum Gasteiger partial charge on any atom is -0.494 e. The zero-order valence-electron chi connectivity index (χ0n) is 11.4. The molecule has 0 aliphatic carbocycles. The second-order valence-electron chi connectivity index (χ2n) is 4.71. The second-order valence-corrected chi connectivity index (χ2v) is 5.62. The Morgan fingerprint density at radius 2 is 2.05 bits per heavy atom. The molecular formula is C17H13FO2S. The normalized spacial score (nSPS) is 10.8. The lowest BCUT2D eigenvalue weighted by Gasteiger charge is -2.05. The molecule has 0 saturated heterocycles. The molecule has 0 spiro atoms. The summed E-state index contributed by atoms with van der Waals surface area (Å²) in [5.74, 6) is -0.414. The van der Waals surface area contributed by atoms with Gasteiger partial charge in [-0.3, -0.25) is 4.79 Å². The molecule has 106 valence electrons. The first-order valence-electron chi connectivity index (χ1n) is 6.51. The fourth-order valence-electron chi connectivity index (χ4n) is 2.28. The third-order valence-corrected chi connectivity index (χ3v) is 4.40. The highest BCUT2D eigenvalue weighted by atomic mass is 32.1. The summed E-state index contributed by atoms with van der Waals surface area (Å²) < 4.78 is 19.5. The fraction of sp³-hybridized carbons (Fsp3) is 0.118. The molecule has 1 heterocycles. The number of ether oxygens (including phenoxy) is 1. The van der Waals surface area contributed by atoms with Crippen molar-refractivity contribution < 1.29 is 13.9 Å². The van der Waals surface area contributed by atoms with Gasteiger partial charge in [0.1, 0.15) is 0 Å². The van der Waals surface area contributed by atoms with E-state index in [1.807, 2.05) is 29.6 Å². The predicted octanol–water partition coefficient (Wildman–Crippen LogP) is 4.47. The zero-order valence-corrected chi connectivity index (χ0v) is 12.2. The van der Waals surface area contributed by atoms with E-state index < -0.39 is 5.82 Å². The largest absolute Gasteiger partial charge is 0.494 e. The van der Waals surface area contributed by atoms with E-state index in [-0.39, 0.29) is 11.5 Å². The first-order chi connectivity index (χ1) is 10.2. The molecule has 1 aromatic heterocycles. The predicted molar refractivity (Wildman–Crippen MR) is 82.8 cm³/mol. The van der Waals surface area contributed by atoms with Gasteiger partial charge in [-0.25, -0.2) is 4.39 Å². The van der Waals surface area contributed by atoms with Crippen molar-refractivity contribution in [2.75, 3.05) is 7.11 Å². The lowest BCUT2D eigenvalue weighted by Crippen LogP contribution is -2.04. The van der Waals surface area contributed by atoms with E-state index in [0.29, 0.717) is 12.0 Å². The monoisotopic (exact) mass is 300 g/mol. The molecule has 2 nitrogen and oxygen atoms in total. The van der Waals surface area contributed by atoms with Gasteiger partial charge < -0.3 is 4.74 Å². The third-order valence-electron chi connectivity index (χ3n) is 3.39. The van der Waals surface area contributed by atoms with Crippen molar-refractivity contribution in [1.29, 1.82) is 0 Å². The summed E-state index contributed by atoms with van der Waals surface area (Å²) in [7, 11) is 1.39. The van der Waals surface area contributed by atoms with Crippen molar-refractivity contribution >= 4 is 27.2 Å². The van der Waals surface area contributed by atoms with Crippen molar-refractivity contribution in [3.8, 4) is 5.75 Å². The average Bonchev–Trinajstić information content (AvgIpc) is 2.91. The summed E-state index contributed by atoms with van der Waals surface area (Å²) >= 11 is 1.62. The summed E-state index contributed by atoms with van der Waals surface area (Å²) in [6, 6.07) is 12.2. The van der Waals surface area contributed by atoms with Crippen LogP contribution in [0.5, 0.6) is 5.75 Å². The Morgan fingerprint density at radius 3 is 2.86 bits per heavy atom. The number of fused-ring (bicyclic) bond motifs is 1. The number of carbonyl (C=O) groups is 1. The van der Waals surface area contributed by atoms with Gasteiger partial charge in [-0.05, 0) is 40.6 Å². The van der Waals surface area contributed by atoms with Gasteiger partial charge in [-0.1, -0.05) is 18.2 Å². The summed E-state index contributed by atoms with van der Waals surface area (Å²) in [6.07, 6.45) is 0.304. The van der Waals surface area contributed by atoms with Crippen molar-refractivity contribution in [3.05, 3.63) is 64.8 Å². The molecule has 0 atom stereocenters. The minimum atomic E-state index is -0.463. The van der Waals surface area contributed by atoms with Crippen molar-refractivity contribution in [3.63, 3.8) is 0 Å². The maximum absolute atomic E-state index is 13.4. The SMILES string of the molecule is COc1cc(C(=O)Cc2csc3ccccc23)ccc1F. The van der Waals surface area contributed by atoms with Gasteiger partial charge >= 0.3 is 0 Å². The summed E-state index contributed by atoms with van der Waals surface area (Å²) in [5, 5.41) is 3.11. The molecule has 21 heavy (non-hydrogen) atoms. The molecule has 0 aliphatic heterocycles. The molecule has 0 aliphatic rings. The molecule has 0 unspecified atom stereocenters. The van der Waals surface area contributed by atoms with E-state index in [1.54, 1.807) is 11.3 Å². The zero-order chi connectivity index (χ0) is 14.8. The molecule has 4 heteroatoms. The van der Waals surface area contributed by atoms with Gasteiger partial charge in [0.2, 0.25) is 0 Å². The number of benzene rings is 2. The number of thiophene rings is 1. The van der Waals surface area contributed by atoms with Crippen LogP contribution in [0.1, 0.15) is 15.9 Å². The van der Waals surface area contributed by atoms with Crippen LogP contribution < -0.4 is 4.74 Å². The average molecular weight is 300 g/mol. The van der Waals surface area contributed by atoms with Crippen LogP contribution >= 0.6 is 11.3 Å². The fourth-order valence-corrected chi connectivity index (χ4v) is 3.24. The smallest absolute Gasteiger partial charge is 0.167 e. The molecule has 2 aromatic carbocycles. The molecule has 0 radical (unpaired) electrons. The van der Waals surface area contributed by atoms with Crippen molar-refractivity contribution in [2.45, 2.75) is 6.42 Å². The first-order valence-corrected chi connectivity index (χ1v) is 7.39. The Balaban J connectivity index is 1.89. The number of halogens is 1. The van der Waals surface area contributed by atoms with E-state index in [1.165, 1.54) is 25.3 Å². The van der Waals surface area contributed by atoms with Gasteiger partial charge in [0, 0.05) is 16.7 Å². The number of carbonyl (C=O) groups excluding carboxylic acids is 1. The summed E-state index contributed by atoms with van der Waals surface area (Å²) in [4.78, 5) is 12.4. The molecule has 3 rings (SSSR count). The van der Waals surface area contributed by atoms with Crippen LogP contribution in [0.2, 0.25) is 0 Å². The van der Waals surface area contributed by atoms with E-state index in [4.69, 9.17) is 4.74 Å². The van der Waals surface area contributed by atoms with E-state index >= 15 is 0 Å². The summed E-state index contributed by atoms with van der Waals surface area (Å²) in [5.41, 5.74) is 1.47. The maximum Gasteiger partial charge on any atom is 0.167 e. The van der Waals surface area contributed by atoms with E-state index in [2.05, 4.69) is 0 Å². The van der Waals surface area contributed by atoms with Crippen LogP contribution in [0, 0.1) is 5.82 Å². The van der Waals surface area contributed by atoms with Gasteiger partial charge in [0.15, 0.2) is 17.3 Å². The molecule has 0 amide bonds. The standard InChI is InChI=1S/C17H13FO2S/c1-20-16-9-11(6-7-14(16)18)15(19)8-12-10-21-17-5-3-2-4-13(12)17/h2-7,9-10H,8H2,1H3. The molecular weight excluding hydrogens is 287 g/mol. The Morgan fingerprint density at radius 1 is 1.24 bits per heavy atom. The molecule has 0 bridgehead atoms. The number of ketones is 1. The van der Waals surface area contributed by atoms with Crippen LogP contribution in [0.4, 0.5) is 4.39 Å². The van der Waals surface area contributed by atoms with E-state index in [0.717, 1.165) is 15.6 Å². The lowest BCUT2D eigenvalue weighted by atomic mass is 10.0. The van der Waals surface area contributed by atoms with Gasteiger partial charge in [-0.2, -0.15) is 0 Å². The summed E-state index contributed by atoms with van der Waals surface area (Å²) in [6.45, 7) is 0. The maximum atomic E-state index is 13.4. The Kier molecular flexibility index (Phi) is 3.71. The molecule has 0 saturated carbocycles. The Bertz CT molecular complexity index is 807. The third kappa shape index (κ3) is 2.67. The lowest BCUT2D eigenvalue weighted by molar-refractivity contribution is 0.0993. The van der Waals surface area contributed by atoms with Crippen LogP contribution in [0.25, 0.3) is 10.1 Å². The number of rotatable bonds is 4. The molecule has 3 aromatic rings. The van der Waals surface area contributed by atoms with E-state index in [9.17, 15) is 9.18 Å². The number of methoxy groups -OCH3 is 1. The van der Waals surface area contributed by atoms with Crippen LogP contribution in [0.15, 0.2) is 47.8 Å². The highest BCUT2D eigenvalue weighted by molar-refractivity contribution is 7.17. The molecule has 0 fully saturated rings. The van der Waals surface area contributed by atoms with Crippen LogP contribution in [-0.4, -0.2) is 12.9 Å². The first kappa shape index (κ1) is 13.8.